The molecule has 0 spiro atoms. The Hall–Kier alpha value is -0.460. The Balaban J connectivity index is 2.19. The van der Waals surface area contributed by atoms with Crippen LogP contribution in [0, 0.1) is 11.8 Å². The molecule has 1 unspecified atom stereocenters. The Morgan fingerprint density at radius 2 is 1.87 bits per heavy atom. The summed E-state index contributed by atoms with van der Waals surface area (Å²) in [6, 6.07) is 0. The van der Waals surface area contributed by atoms with Crippen molar-refractivity contribution in [2.45, 2.75) is 52.9 Å². The van der Waals surface area contributed by atoms with Gasteiger partial charge in [0.1, 0.15) is 0 Å². The maximum atomic E-state index is 2.67. The van der Waals surface area contributed by atoms with Gasteiger partial charge < -0.3 is 4.90 Å². The summed E-state index contributed by atoms with van der Waals surface area (Å²) in [7, 11) is 0. The van der Waals surface area contributed by atoms with Crippen LogP contribution in [0.1, 0.15) is 52.9 Å². The summed E-state index contributed by atoms with van der Waals surface area (Å²) >= 11 is 0. The number of hydrogen-bond donors (Lipinski definition) is 0. The highest BCUT2D eigenvalue weighted by molar-refractivity contribution is 5.19. The van der Waals surface area contributed by atoms with Gasteiger partial charge in [-0.1, -0.05) is 20.8 Å². The summed E-state index contributed by atoms with van der Waals surface area (Å²) in [4.78, 5) is 2.67. The summed E-state index contributed by atoms with van der Waals surface area (Å²) in [5.41, 5.74) is 3.48. The van der Waals surface area contributed by atoms with Crippen molar-refractivity contribution in [1.82, 2.24) is 4.90 Å². The molecular formula is C14H25N. The van der Waals surface area contributed by atoms with E-state index >= 15 is 0 Å². The van der Waals surface area contributed by atoms with Crippen molar-refractivity contribution in [3.8, 4) is 0 Å². The van der Waals surface area contributed by atoms with Gasteiger partial charge in [0.15, 0.2) is 0 Å². The molecular weight excluding hydrogens is 182 g/mol. The van der Waals surface area contributed by atoms with Crippen LogP contribution in [0.2, 0.25) is 0 Å². The highest BCUT2D eigenvalue weighted by Gasteiger charge is 2.25. The molecule has 1 heterocycles. The molecule has 1 saturated heterocycles. The minimum Gasteiger partial charge on any atom is -0.375 e. The zero-order chi connectivity index (χ0) is 10.8. The molecule has 0 aromatic heterocycles. The maximum Gasteiger partial charge on any atom is 0.0175 e. The lowest BCUT2D eigenvalue weighted by Gasteiger charge is -2.33. The summed E-state index contributed by atoms with van der Waals surface area (Å²) in [6.07, 6.45) is 6.91. The van der Waals surface area contributed by atoms with Gasteiger partial charge in [-0.05, 0) is 49.5 Å². The van der Waals surface area contributed by atoms with E-state index in [2.05, 4.69) is 25.7 Å². The molecule has 2 rings (SSSR count). The van der Waals surface area contributed by atoms with Crippen LogP contribution in [0.5, 0.6) is 0 Å². The van der Waals surface area contributed by atoms with E-state index in [0.717, 1.165) is 11.8 Å². The van der Waals surface area contributed by atoms with Crippen molar-refractivity contribution in [2.75, 3.05) is 13.1 Å². The Kier molecular flexibility index (Phi) is 3.38. The van der Waals surface area contributed by atoms with Gasteiger partial charge in [0, 0.05) is 18.8 Å². The Morgan fingerprint density at radius 3 is 2.47 bits per heavy atom. The fourth-order valence-corrected chi connectivity index (χ4v) is 3.05. The molecule has 1 aliphatic heterocycles. The van der Waals surface area contributed by atoms with Gasteiger partial charge >= 0.3 is 0 Å². The molecule has 2 aliphatic rings. The molecule has 1 fully saturated rings. The topological polar surface area (TPSA) is 3.24 Å². The van der Waals surface area contributed by atoms with Gasteiger partial charge in [0.25, 0.3) is 0 Å². The Morgan fingerprint density at radius 1 is 1.20 bits per heavy atom. The zero-order valence-electron chi connectivity index (χ0n) is 10.6. The van der Waals surface area contributed by atoms with Crippen LogP contribution in [-0.2, 0) is 0 Å². The third kappa shape index (κ3) is 2.38. The van der Waals surface area contributed by atoms with Gasteiger partial charge in [-0.3, -0.25) is 0 Å². The van der Waals surface area contributed by atoms with E-state index in [4.69, 9.17) is 0 Å². The van der Waals surface area contributed by atoms with E-state index in [9.17, 15) is 0 Å². The van der Waals surface area contributed by atoms with Gasteiger partial charge in [-0.25, -0.2) is 0 Å². The summed E-state index contributed by atoms with van der Waals surface area (Å²) in [5.74, 6) is 1.66. The average molecular weight is 207 g/mol. The quantitative estimate of drug-likeness (QED) is 0.665. The molecule has 0 aromatic rings. The van der Waals surface area contributed by atoms with Crippen molar-refractivity contribution in [3.63, 3.8) is 0 Å². The smallest absolute Gasteiger partial charge is 0.0175 e. The van der Waals surface area contributed by atoms with Crippen molar-refractivity contribution >= 4 is 0 Å². The van der Waals surface area contributed by atoms with E-state index in [-0.39, 0.29) is 0 Å². The molecule has 1 heteroatoms. The summed E-state index contributed by atoms with van der Waals surface area (Å²) in [5, 5.41) is 0. The van der Waals surface area contributed by atoms with Crippen LogP contribution < -0.4 is 0 Å². The van der Waals surface area contributed by atoms with E-state index in [0.29, 0.717) is 0 Å². The molecule has 0 aromatic carbocycles. The highest BCUT2D eigenvalue weighted by Crippen LogP contribution is 2.36. The fourth-order valence-electron chi connectivity index (χ4n) is 3.05. The molecule has 0 amide bonds. The lowest BCUT2D eigenvalue weighted by atomic mass is 9.83. The SMILES string of the molecule is CC1CCC(C(C)C)=C(N2CCCC2)C1. The predicted molar refractivity (Wildman–Crippen MR) is 65.7 cm³/mol. The molecule has 0 bridgehead atoms. The number of nitrogens with zero attached hydrogens (tertiary/aromatic N) is 1. The van der Waals surface area contributed by atoms with Gasteiger partial charge in [-0.15, -0.1) is 0 Å². The number of rotatable bonds is 2. The second kappa shape index (κ2) is 4.59. The van der Waals surface area contributed by atoms with Crippen LogP contribution in [0.15, 0.2) is 11.3 Å². The van der Waals surface area contributed by atoms with Crippen LogP contribution >= 0.6 is 0 Å². The first-order chi connectivity index (χ1) is 7.18. The van der Waals surface area contributed by atoms with Gasteiger partial charge in [-0.2, -0.15) is 0 Å². The zero-order valence-corrected chi connectivity index (χ0v) is 10.6. The highest BCUT2D eigenvalue weighted by atomic mass is 15.2. The Bertz CT molecular complexity index is 246. The number of hydrogen-bond acceptors (Lipinski definition) is 1. The molecule has 1 nitrogen and oxygen atoms in total. The minimum atomic E-state index is 0.757. The Labute approximate surface area is 94.5 Å². The number of likely N-dealkylation sites (tertiary alicyclic amines) is 1. The van der Waals surface area contributed by atoms with E-state index < -0.39 is 0 Å². The van der Waals surface area contributed by atoms with Crippen LogP contribution in [0.25, 0.3) is 0 Å². The standard InChI is InChI=1S/C14H25N/c1-11(2)13-7-6-12(3)10-14(13)15-8-4-5-9-15/h11-12H,4-10H2,1-3H3. The van der Waals surface area contributed by atoms with Crippen molar-refractivity contribution in [2.24, 2.45) is 11.8 Å². The normalized spacial score (nSPS) is 28.0. The fraction of sp³-hybridized carbons (Fsp3) is 0.857. The van der Waals surface area contributed by atoms with Gasteiger partial charge in [0.2, 0.25) is 0 Å². The molecule has 1 aliphatic carbocycles. The first-order valence-corrected chi connectivity index (χ1v) is 6.65. The predicted octanol–water partition coefficient (Wildman–Crippen LogP) is 3.81. The molecule has 1 atom stereocenters. The lowest BCUT2D eigenvalue weighted by Crippen LogP contribution is -2.26. The third-order valence-corrected chi connectivity index (χ3v) is 4.00. The third-order valence-electron chi connectivity index (χ3n) is 4.00. The lowest BCUT2D eigenvalue weighted by molar-refractivity contribution is 0.339. The van der Waals surface area contributed by atoms with Gasteiger partial charge in [0.05, 0.1) is 0 Å². The maximum absolute atomic E-state index is 2.67. The first kappa shape index (κ1) is 11.0. The van der Waals surface area contributed by atoms with E-state index in [1.807, 2.05) is 0 Å². The number of allylic oxidation sites excluding steroid dienone is 2. The molecule has 0 N–H and O–H groups in total. The van der Waals surface area contributed by atoms with Crippen LogP contribution in [-0.4, -0.2) is 18.0 Å². The largest absolute Gasteiger partial charge is 0.375 e. The molecule has 86 valence electrons. The minimum absolute atomic E-state index is 0.757. The van der Waals surface area contributed by atoms with Crippen LogP contribution in [0.4, 0.5) is 0 Å². The molecule has 15 heavy (non-hydrogen) atoms. The van der Waals surface area contributed by atoms with Crippen LogP contribution in [0.3, 0.4) is 0 Å². The van der Waals surface area contributed by atoms with E-state index in [1.165, 1.54) is 45.2 Å². The average Bonchev–Trinajstić information content (AvgIpc) is 2.69. The first-order valence-electron chi connectivity index (χ1n) is 6.65. The summed E-state index contributed by atoms with van der Waals surface area (Å²) < 4.78 is 0. The molecule has 0 radical (unpaired) electrons. The van der Waals surface area contributed by atoms with Crippen molar-refractivity contribution in [3.05, 3.63) is 11.3 Å². The monoisotopic (exact) mass is 207 g/mol. The van der Waals surface area contributed by atoms with E-state index in [1.54, 1.807) is 11.3 Å². The molecule has 0 saturated carbocycles. The van der Waals surface area contributed by atoms with Crippen molar-refractivity contribution in [1.29, 1.82) is 0 Å². The van der Waals surface area contributed by atoms with Crippen molar-refractivity contribution < 1.29 is 0 Å². The second-order valence-corrected chi connectivity index (χ2v) is 5.67. The second-order valence-electron chi connectivity index (χ2n) is 5.67. The summed E-state index contributed by atoms with van der Waals surface area (Å²) in [6.45, 7) is 9.77.